The molecule has 0 saturated carbocycles. The highest BCUT2D eigenvalue weighted by atomic mass is 32.2. The van der Waals surface area contributed by atoms with Gasteiger partial charge in [-0.25, -0.2) is 4.98 Å². The monoisotopic (exact) mass is 342 g/mol. The first kappa shape index (κ1) is 16.4. The number of aliphatic carboxylic acids is 1. The summed E-state index contributed by atoms with van der Waals surface area (Å²) in [6.45, 7) is 1.93. The quantitative estimate of drug-likeness (QED) is 0.692. The fraction of sp³-hybridized carbons (Fsp3) is 0.222. The number of thioether (sulfide) groups is 1. The molecule has 1 N–H and O–H groups in total. The van der Waals surface area contributed by atoms with Crippen molar-refractivity contribution < 1.29 is 14.6 Å². The number of fused-ring (bicyclic) bond motifs is 1. The van der Waals surface area contributed by atoms with Crippen LogP contribution in [0.3, 0.4) is 0 Å². The number of carbonyl (C=O) groups is 1. The Bertz CT molecular complexity index is 889. The van der Waals surface area contributed by atoms with E-state index in [-0.39, 0.29) is 6.54 Å². The molecule has 0 aliphatic carbocycles. The molecule has 5 nitrogen and oxygen atoms in total. The van der Waals surface area contributed by atoms with E-state index in [0.29, 0.717) is 10.9 Å². The Morgan fingerprint density at radius 3 is 2.83 bits per heavy atom. The van der Waals surface area contributed by atoms with Gasteiger partial charge >= 0.3 is 5.97 Å². The minimum atomic E-state index is -0.881. The number of aryl methyl sites for hydroxylation is 1. The zero-order valence-electron chi connectivity index (χ0n) is 13.5. The number of hydrogen-bond acceptors (Lipinski definition) is 4. The largest absolute Gasteiger partial charge is 0.496 e. The van der Waals surface area contributed by atoms with Crippen molar-refractivity contribution in [1.29, 1.82) is 0 Å². The zero-order chi connectivity index (χ0) is 17.1. The van der Waals surface area contributed by atoms with E-state index in [2.05, 4.69) is 11.1 Å². The average Bonchev–Trinajstić information content (AvgIpc) is 2.90. The molecule has 24 heavy (non-hydrogen) atoms. The first-order valence-corrected chi connectivity index (χ1v) is 8.50. The zero-order valence-corrected chi connectivity index (χ0v) is 14.3. The van der Waals surface area contributed by atoms with E-state index in [1.54, 1.807) is 11.7 Å². The summed E-state index contributed by atoms with van der Waals surface area (Å²) >= 11 is 1.51. The van der Waals surface area contributed by atoms with Gasteiger partial charge in [0.25, 0.3) is 0 Å². The van der Waals surface area contributed by atoms with Gasteiger partial charge in [-0.2, -0.15) is 0 Å². The van der Waals surface area contributed by atoms with Crippen molar-refractivity contribution >= 4 is 28.8 Å². The molecule has 124 valence electrons. The first-order chi connectivity index (χ1) is 11.6. The minimum Gasteiger partial charge on any atom is -0.496 e. The van der Waals surface area contributed by atoms with Crippen molar-refractivity contribution in [3.8, 4) is 5.75 Å². The van der Waals surface area contributed by atoms with Gasteiger partial charge in [-0.05, 0) is 25.1 Å². The number of carboxylic acid groups (broad SMARTS) is 1. The number of nitrogens with zero attached hydrogens (tertiary/aromatic N) is 2. The lowest BCUT2D eigenvalue weighted by Crippen LogP contribution is -2.09. The van der Waals surface area contributed by atoms with Crippen molar-refractivity contribution in [2.45, 2.75) is 24.4 Å². The summed E-state index contributed by atoms with van der Waals surface area (Å²) in [5, 5.41) is 9.89. The number of benzene rings is 2. The molecular formula is C18H18N2O3S. The molecule has 1 aromatic heterocycles. The Kier molecular flexibility index (Phi) is 4.76. The topological polar surface area (TPSA) is 64.4 Å². The Morgan fingerprint density at radius 1 is 1.29 bits per heavy atom. The van der Waals surface area contributed by atoms with Crippen LogP contribution in [0.1, 0.15) is 11.1 Å². The molecule has 1 heterocycles. The highest BCUT2D eigenvalue weighted by Gasteiger charge is 2.14. The minimum absolute atomic E-state index is 0.103. The van der Waals surface area contributed by atoms with E-state index >= 15 is 0 Å². The molecule has 6 heteroatoms. The predicted octanol–water partition coefficient (Wildman–Crippen LogP) is 3.73. The normalized spacial score (nSPS) is 10.9. The average molecular weight is 342 g/mol. The number of methoxy groups -OCH3 is 1. The van der Waals surface area contributed by atoms with Crippen LogP contribution in [0.2, 0.25) is 0 Å². The highest BCUT2D eigenvalue weighted by molar-refractivity contribution is 7.98. The number of ether oxygens (including phenoxy) is 1. The second-order valence-electron chi connectivity index (χ2n) is 5.47. The molecule has 0 amide bonds. The van der Waals surface area contributed by atoms with Crippen molar-refractivity contribution in [2.75, 3.05) is 7.11 Å². The number of hydrogen-bond donors (Lipinski definition) is 1. The summed E-state index contributed by atoms with van der Waals surface area (Å²) in [4.78, 5) is 15.8. The third-order valence-electron chi connectivity index (χ3n) is 3.71. The maximum Gasteiger partial charge on any atom is 0.323 e. The molecule has 3 aromatic rings. The molecular weight excluding hydrogens is 324 g/mol. The molecule has 0 saturated heterocycles. The third kappa shape index (κ3) is 3.38. The predicted molar refractivity (Wildman–Crippen MR) is 94.7 cm³/mol. The van der Waals surface area contributed by atoms with Crippen LogP contribution in [0.5, 0.6) is 5.75 Å². The summed E-state index contributed by atoms with van der Waals surface area (Å²) in [5.74, 6) is 0.607. The van der Waals surface area contributed by atoms with Crippen LogP contribution in [0, 0.1) is 6.92 Å². The van der Waals surface area contributed by atoms with Gasteiger partial charge in [-0.15, -0.1) is 0 Å². The number of para-hydroxylation sites is 2. The van der Waals surface area contributed by atoms with E-state index in [4.69, 9.17) is 4.74 Å². The van der Waals surface area contributed by atoms with Gasteiger partial charge in [0.05, 0.1) is 18.1 Å². The highest BCUT2D eigenvalue weighted by Crippen LogP contribution is 2.30. The van der Waals surface area contributed by atoms with Crippen LogP contribution in [-0.2, 0) is 17.1 Å². The van der Waals surface area contributed by atoms with Gasteiger partial charge in [0.1, 0.15) is 12.3 Å². The van der Waals surface area contributed by atoms with Crippen LogP contribution >= 0.6 is 11.8 Å². The van der Waals surface area contributed by atoms with Gasteiger partial charge in [0.15, 0.2) is 5.16 Å². The summed E-state index contributed by atoms with van der Waals surface area (Å²) in [6.07, 6.45) is 0. The molecule has 0 bridgehead atoms. The fourth-order valence-electron chi connectivity index (χ4n) is 2.61. The standard InChI is InChI=1S/C18H18N2O3S/c1-12-7-8-16(23-2)13(9-12)11-24-18-19-14-5-3-4-6-15(14)20(18)10-17(21)22/h3-9H,10-11H2,1-2H3,(H,21,22). The van der Waals surface area contributed by atoms with Gasteiger partial charge in [-0.3, -0.25) is 4.79 Å². The molecule has 0 unspecified atom stereocenters. The second-order valence-corrected chi connectivity index (χ2v) is 6.41. The van der Waals surface area contributed by atoms with Gasteiger partial charge in [0, 0.05) is 11.3 Å². The van der Waals surface area contributed by atoms with Crippen molar-refractivity contribution in [3.05, 3.63) is 53.6 Å². The summed E-state index contributed by atoms with van der Waals surface area (Å²) in [6, 6.07) is 13.6. The molecule has 2 aromatic carbocycles. The number of carboxylic acids is 1. The SMILES string of the molecule is COc1ccc(C)cc1CSc1nc2ccccc2n1CC(=O)O. The van der Waals surface area contributed by atoms with Gasteiger partial charge in [0.2, 0.25) is 0 Å². The van der Waals surface area contributed by atoms with Gasteiger partial charge < -0.3 is 14.4 Å². The second kappa shape index (κ2) is 6.97. The fourth-order valence-corrected chi connectivity index (χ4v) is 3.61. The van der Waals surface area contributed by atoms with E-state index in [9.17, 15) is 9.90 Å². The van der Waals surface area contributed by atoms with E-state index in [0.717, 1.165) is 27.9 Å². The van der Waals surface area contributed by atoms with E-state index in [1.165, 1.54) is 11.8 Å². The third-order valence-corrected chi connectivity index (χ3v) is 4.73. The van der Waals surface area contributed by atoms with Crippen LogP contribution in [-0.4, -0.2) is 27.7 Å². The van der Waals surface area contributed by atoms with Crippen LogP contribution in [0.25, 0.3) is 11.0 Å². The van der Waals surface area contributed by atoms with Crippen molar-refractivity contribution in [3.63, 3.8) is 0 Å². The smallest absolute Gasteiger partial charge is 0.323 e. The van der Waals surface area contributed by atoms with Gasteiger partial charge in [-0.1, -0.05) is 41.6 Å². The molecule has 0 atom stereocenters. The van der Waals surface area contributed by atoms with Crippen LogP contribution in [0.15, 0.2) is 47.6 Å². The number of rotatable bonds is 6. The maximum atomic E-state index is 11.2. The summed E-state index contributed by atoms with van der Waals surface area (Å²) < 4.78 is 7.15. The lowest BCUT2D eigenvalue weighted by Gasteiger charge is -2.10. The lowest BCUT2D eigenvalue weighted by atomic mass is 10.1. The molecule has 3 rings (SSSR count). The molecule has 0 spiro atoms. The number of imidazole rings is 1. The summed E-state index contributed by atoms with van der Waals surface area (Å²) in [5.41, 5.74) is 3.86. The number of aromatic nitrogens is 2. The lowest BCUT2D eigenvalue weighted by molar-refractivity contribution is -0.137. The van der Waals surface area contributed by atoms with Crippen molar-refractivity contribution in [1.82, 2.24) is 9.55 Å². The molecule has 0 fully saturated rings. The molecule has 0 radical (unpaired) electrons. The molecule has 0 aliphatic heterocycles. The summed E-state index contributed by atoms with van der Waals surface area (Å²) in [7, 11) is 1.65. The Labute approximate surface area is 144 Å². The first-order valence-electron chi connectivity index (χ1n) is 7.52. The Morgan fingerprint density at radius 2 is 2.08 bits per heavy atom. The van der Waals surface area contributed by atoms with E-state index in [1.807, 2.05) is 43.3 Å². The molecule has 0 aliphatic rings. The Balaban J connectivity index is 1.92. The van der Waals surface area contributed by atoms with E-state index < -0.39 is 5.97 Å². The van der Waals surface area contributed by atoms with Crippen molar-refractivity contribution in [2.24, 2.45) is 0 Å². The van der Waals surface area contributed by atoms with Crippen LogP contribution < -0.4 is 4.74 Å². The maximum absolute atomic E-state index is 11.2. The van der Waals surface area contributed by atoms with Crippen LogP contribution in [0.4, 0.5) is 0 Å². The Hall–Kier alpha value is -2.47.